The van der Waals surface area contributed by atoms with E-state index in [1.165, 1.54) is 29.1 Å². The molecule has 0 radical (unpaired) electrons. The first-order valence-electron chi connectivity index (χ1n) is 13.2. The predicted octanol–water partition coefficient (Wildman–Crippen LogP) is 4.53. The number of allylic oxidation sites excluding steroid dienone is 1. The number of benzene rings is 3. The maximum absolute atomic E-state index is 13.9. The first-order valence-corrected chi connectivity index (χ1v) is 14.0. The van der Waals surface area contributed by atoms with Gasteiger partial charge in [0.2, 0.25) is 0 Å². The van der Waals surface area contributed by atoms with Gasteiger partial charge in [0.1, 0.15) is 35.7 Å². The highest BCUT2D eigenvalue weighted by Crippen LogP contribution is 2.37. The average molecular weight is 589 g/mol. The van der Waals surface area contributed by atoms with Gasteiger partial charge in [0, 0.05) is 17.2 Å². The first-order chi connectivity index (χ1) is 20.3. The molecule has 0 spiro atoms. The van der Waals surface area contributed by atoms with E-state index >= 15 is 0 Å². The minimum Gasteiger partial charge on any atom is -0.497 e. The van der Waals surface area contributed by atoms with Gasteiger partial charge >= 0.3 is 5.97 Å². The topological polar surface area (TPSA) is 88.4 Å². The van der Waals surface area contributed by atoms with E-state index in [1.54, 1.807) is 75.6 Å². The number of carbonyl (C=O) groups is 1. The number of hydrogen-bond donors (Lipinski definition) is 0. The van der Waals surface area contributed by atoms with Gasteiger partial charge in [0.15, 0.2) is 4.80 Å². The number of halogens is 1. The minimum absolute atomic E-state index is 0.0988. The number of rotatable bonds is 9. The van der Waals surface area contributed by atoms with Gasteiger partial charge in [0.05, 0.1) is 36.6 Å². The molecule has 1 aliphatic rings. The lowest BCUT2D eigenvalue weighted by atomic mass is 9.95. The summed E-state index contributed by atoms with van der Waals surface area (Å²) >= 11 is 1.22. The van der Waals surface area contributed by atoms with Crippen LogP contribution in [-0.2, 0) is 16.1 Å². The fraction of sp³-hybridized carbons (Fsp3) is 0.219. The molecule has 3 aromatic carbocycles. The molecule has 8 nitrogen and oxygen atoms in total. The van der Waals surface area contributed by atoms with E-state index < -0.39 is 12.0 Å². The normalized spacial score (nSPS) is 14.7. The van der Waals surface area contributed by atoms with Crippen LogP contribution in [0.25, 0.3) is 6.08 Å². The lowest BCUT2D eigenvalue weighted by Gasteiger charge is -2.26. The van der Waals surface area contributed by atoms with Crippen molar-refractivity contribution in [3.8, 4) is 17.2 Å². The van der Waals surface area contributed by atoms with Crippen molar-refractivity contribution < 1.29 is 28.1 Å². The molecular weight excluding hydrogens is 559 g/mol. The fourth-order valence-electron chi connectivity index (χ4n) is 4.72. The van der Waals surface area contributed by atoms with Crippen LogP contribution in [0.2, 0.25) is 0 Å². The summed E-state index contributed by atoms with van der Waals surface area (Å²) in [6, 6.07) is 18.0. The van der Waals surface area contributed by atoms with Gasteiger partial charge in [-0.25, -0.2) is 14.2 Å². The molecule has 42 heavy (non-hydrogen) atoms. The Balaban J connectivity index is 1.54. The fourth-order valence-corrected chi connectivity index (χ4v) is 5.76. The van der Waals surface area contributed by atoms with Crippen LogP contribution in [-0.4, -0.2) is 31.4 Å². The maximum atomic E-state index is 13.9. The second-order valence-corrected chi connectivity index (χ2v) is 10.4. The molecule has 0 saturated heterocycles. The van der Waals surface area contributed by atoms with E-state index in [-0.39, 0.29) is 30.2 Å². The summed E-state index contributed by atoms with van der Waals surface area (Å²) in [6.07, 6.45) is 1.76. The molecule has 216 valence electrons. The number of esters is 1. The van der Waals surface area contributed by atoms with Crippen LogP contribution in [0.3, 0.4) is 0 Å². The summed E-state index contributed by atoms with van der Waals surface area (Å²) in [5, 5.41) is 0. The van der Waals surface area contributed by atoms with E-state index in [0.717, 1.165) is 5.56 Å². The van der Waals surface area contributed by atoms with Crippen molar-refractivity contribution in [2.75, 3.05) is 20.8 Å². The van der Waals surface area contributed by atoms with Crippen LogP contribution in [0.1, 0.15) is 36.6 Å². The van der Waals surface area contributed by atoms with Gasteiger partial charge in [-0.05, 0) is 55.8 Å². The number of fused-ring (bicyclic) bond motifs is 1. The molecule has 0 fully saturated rings. The lowest BCUT2D eigenvalue weighted by Crippen LogP contribution is -2.40. The zero-order chi connectivity index (χ0) is 29.8. The van der Waals surface area contributed by atoms with Gasteiger partial charge in [0.25, 0.3) is 5.56 Å². The SMILES string of the molecule is CCOC(=O)C1=C(C)N=c2sc(=Cc3ccc(OCc4ccccc4F)cc3)c(=O)n2[C@@H]1c1ccc(OC)cc1OC. The monoisotopic (exact) mass is 588 g/mol. The van der Waals surface area contributed by atoms with Crippen molar-refractivity contribution >= 4 is 23.4 Å². The van der Waals surface area contributed by atoms with E-state index in [0.29, 0.717) is 43.4 Å². The lowest BCUT2D eigenvalue weighted by molar-refractivity contribution is -0.139. The third kappa shape index (κ3) is 5.71. The quantitative estimate of drug-likeness (QED) is 0.267. The Kier molecular flexibility index (Phi) is 8.53. The predicted molar refractivity (Wildman–Crippen MR) is 157 cm³/mol. The summed E-state index contributed by atoms with van der Waals surface area (Å²) in [6.45, 7) is 3.72. The van der Waals surface area contributed by atoms with Crippen LogP contribution in [0, 0.1) is 5.82 Å². The Morgan fingerprint density at radius 3 is 2.48 bits per heavy atom. The number of ether oxygens (including phenoxy) is 4. The third-order valence-corrected chi connectivity index (χ3v) is 7.77. The van der Waals surface area contributed by atoms with Gasteiger partial charge in [-0.15, -0.1) is 0 Å². The maximum Gasteiger partial charge on any atom is 0.338 e. The number of nitrogens with zero attached hydrogens (tertiary/aromatic N) is 2. The van der Waals surface area contributed by atoms with E-state index in [4.69, 9.17) is 18.9 Å². The van der Waals surface area contributed by atoms with Crippen molar-refractivity contribution in [1.82, 2.24) is 4.57 Å². The molecule has 1 aromatic heterocycles. The number of hydrogen-bond acceptors (Lipinski definition) is 8. The molecule has 1 atom stereocenters. The second kappa shape index (κ2) is 12.4. The summed E-state index contributed by atoms with van der Waals surface area (Å²) in [4.78, 5) is 32.1. The van der Waals surface area contributed by atoms with Crippen LogP contribution < -0.4 is 29.1 Å². The van der Waals surface area contributed by atoms with Gasteiger partial charge < -0.3 is 18.9 Å². The van der Waals surface area contributed by atoms with Crippen LogP contribution >= 0.6 is 11.3 Å². The van der Waals surface area contributed by atoms with E-state index in [9.17, 15) is 14.0 Å². The largest absolute Gasteiger partial charge is 0.497 e. The standard InChI is InChI=1S/C32H29FN2O6S/c1-5-40-31(37)28-19(2)34-32-35(29(28)24-15-14-23(38-3)17-26(24)39-4)30(36)27(42-32)16-20-10-12-22(13-11-20)41-18-21-8-6-7-9-25(21)33/h6-17,29H,5,18H2,1-4H3/t29-/m1/s1. The van der Waals surface area contributed by atoms with E-state index in [1.807, 2.05) is 12.1 Å². The van der Waals surface area contributed by atoms with Crippen molar-refractivity contribution in [2.24, 2.45) is 4.99 Å². The minimum atomic E-state index is -0.822. The van der Waals surface area contributed by atoms with Crippen molar-refractivity contribution in [3.63, 3.8) is 0 Å². The van der Waals surface area contributed by atoms with Crippen LogP contribution in [0.15, 0.2) is 87.8 Å². The molecular formula is C32H29FN2O6S. The third-order valence-electron chi connectivity index (χ3n) is 6.78. The Hall–Kier alpha value is -4.70. The first kappa shape index (κ1) is 28.8. The molecule has 0 amide bonds. The molecule has 0 aliphatic carbocycles. The van der Waals surface area contributed by atoms with Gasteiger partial charge in [-0.3, -0.25) is 9.36 Å². The van der Waals surface area contributed by atoms with Crippen LogP contribution in [0.4, 0.5) is 4.39 Å². The van der Waals surface area contributed by atoms with Gasteiger partial charge in [-0.1, -0.05) is 41.7 Å². The highest BCUT2D eigenvalue weighted by molar-refractivity contribution is 7.07. The highest BCUT2D eigenvalue weighted by Gasteiger charge is 2.35. The molecule has 5 rings (SSSR count). The second-order valence-electron chi connectivity index (χ2n) is 9.36. The average Bonchev–Trinajstić information content (AvgIpc) is 3.30. The molecule has 0 unspecified atom stereocenters. The summed E-state index contributed by atoms with van der Waals surface area (Å²) in [5.41, 5.74) is 2.23. The summed E-state index contributed by atoms with van der Waals surface area (Å²) in [7, 11) is 3.07. The highest BCUT2D eigenvalue weighted by atomic mass is 32.1. The van der Waals surface area contributed by atoms with Crippen molar-refractivity contribution in [1.29, 1.82) is 0 Å². The Morgan fingerprint density at radius 2 is 1.79 bits per heavy atom. The van der Waals surface area contributed by atoms with Crippen molar-refractivity contribution in [3.05, 3.63) is 120 Å². The Labute approximate surface area is 245 Å². The Bertz CT molecular complexity index is 1840. The zero-order valence-electron chi connectivity index (χ0n) is 23.5. The smallest absolute Gasteiger partial charge is 0.338 e. The number of thiazole rings is 1. The molecule has 0 saturated carbocycles. The van der Waals surface area contributed by atoms with Gasteiger partial charge in [-0.2, -0.15) is 0 Å². The number of methoxy groups -OCH3 is 2. The zero-order valence-corrected chi connectivity index (χ0v) is 24.4. The molecule has 0 bridgehead atoms. The molecule has 10 heteroatoms. The number of carbonyl (C=O) groups excluding carboxylic acids is 1. The Morgan fingerprint density at radius 1 is 1.05 bits per heavy atom. The van der Waals surface area contributed by atoms with Crippen LogP contribution in [0.5, 0.6) is 17.2 Å². The summed E-state index contributed by atoms with van der Waals surface area (Å²) < 4.78 is 38.0. The molecule has 1 aliphatic heterocycles. The summed E-state index contributed by atoms with van der Waals surface area (Å²) in [5.74, 6) is 0.718. The molecule has 2 heterocycles. The van der Waals surface area contributed by atoms with E-state index in [2.05, 4.69) is 4.99 Å². The number of aromatic nitrogens is 1. The molecule has 0 N–H and O–H groups in total. The molecule has 4 aromatic rings. The van der Waals surface area contributed by atoms with Crippen molar-refractivity contribution in [2.45, 2.75) is 26.5 Å².